The molecule has 3 fully saturated rings. The van der Waals surface area contributed by atoms with Crippen molar-refractivity contribution in [1.29, 1.82) is 0 Å². The van der Waals surface area contributed by atoms with Crippen LogP contribution in [0.15, 0.2) is 0 Å². The summed E-state index contributed by atoms with van der Waals surface area (Å²) in [5.74, 6) is 6.61. The van der Waals surface area contributed by atoms with E-state index in [1.54, 1.807) is 0 Å². The zero-order valence-electron chi connectivity index (χ0n) is 20.1. The van der Waals surface area contributed by atoms with E-state index in [1.807, 2.05) is 0 Å². The molecule has 0 saturated heterocycles. The van der Waals surface area contributed by atoms with E-state index >= 15 is 0 Å². The van der Waals surface area contributed by atoms with Crippen LogP contribution in [0.1, 0.15) is 112 Å². The standard InChI is InChI=1S/C27H51N/c1-7-21-11-13-23-24-14-12-22(10-8-9-20(4)19(2)3)26(24,5)16-15-25(23)27(21,6)17-18-28/h19-25H,7-18,28H2,1-6H3. The van der Waals surface area contributed by atoms with Gasteiger partial charge in [0.05, 0.1) is 0 Å². The third kappa shape index (κ3) is 3.95. The summed E-state index contributed by atoms with van der Waals surface area (Å²) in [5, 5.41) is 0. The van der Waals surface area contributed by atoms with Gasteiger partial charge < -0.3 is 5.73 Å². The largest absolute Gasteiger partial charge is 0.330 e. The van der Waals surface area contributed by atoms with E-state index in [0.29, 0.717) is 10.8 Å². The fourth-order valence-corrected chi connectivity index (χ4v) is 8.51. The van der Waals surface area contributed by atoms with Gasteiger partial charge in [0.25, 0.3) is 0 Å². The lowest BCUT2D eigenvalue weighted by molar-refractivity contribution is -0.0996. The Labute approximate surface area is 177 Å². The Morgan fingerprint density at radius 2 is 1.64 bits per heavy atom. The molecule has 28 heavy (non-hydrogen) atoms. The molecule has 2 N–H and O–H groups in total. The second-order valence-electron chi connectivity index (χ2n) is 12.1. The second-order valence-corrected chi connectivity index (χ2v) is 12.1. The van der Waals surface area contributed by atoms with Crippen molar-refractivity contribution in [1.82, 2.24) is 0 Å². The van der Waals surface area contributed by atoms with Crippen LogP contribution in [-0.2, 0) is 0 Å². The van der Waals surface area contributed by atoms with Crippen LogP contribution in [0.5, 0.6) is 0 Å². The van der Waals surface area contributed by atoms with Gasteiger partial charge in [-0.1, -0.05) is 60.8 Å². The maximum Gasteiger partial charge on any atom is -0.00719 e. The van der Waals surface area contributed by atoms with E-state index in [9.17, 15) is 0 Å². The molecule has 0 heterocycles. The zero-order chi connectivity index (χ0) is 20.5. The first-order valence-corrected chi connectivity index (χ1v) is 13.0. The number of nitrogens with two attached hydrogens (primary N) is 1. The molecule has 0 bridgehead atoms. The van der Waals surface area contributed by atoms with E-state index in [4.69, 9.17) is 5.73 Å². The summed E-state index contributed by atoms with van der Waals surface area (Å²) < 4.78 is 0. The molecule has 0 radical (unpaired) electrons. The monoisotopic (exact) mass is 389 g/mol. The van der Waals surface area contributed by atoms with Gasteiger partial charge in [0.1, 0.15) is 0 Å². The van der Waals surface area contributed by atoms with Crippen molar-refractivity contribution in [3.8, 4) is 0 Å². The highest BCUT2D eigenvalue weighted by atomic mass is 14.6. The zero-order valence-corrected chi connectivity index (χ0v) is 20.1. The SMILES string of the molecule is CCC1CCC2C(CCC3(C)C(CCCC(C)C(C)C)CCC23)C1(C)CCN. The first kappa shape index (κ1) is 22.6. The van der Waals surface area contributed by atoms with E-state index < -0.39 is 0 Å². The number of rotatable bonds is 8. The first-order chi connectivity index (χ1) is 13.3. The minimum atomic E-state index is 0.512. The van der Waals surface area contributed by atoms with E-state index in [1.165, 1.54) is 70.6 Å². The van der Waals surface area contributed by atoms with Gasteiger partial charge in [-0.3, -0.25) is 0 Å². The first-order valence-electron chi connectivity index (χ1n) is 13.0. The Morgan fingerprint density at radius 1 is 0.929 bits per heavy atom. The third-order valence-corrected chi connectivity index (χ3v) is 10.8. The van der Waals surface area contributed by atoms with Gasteiger partial charge in [0, 0.05) is 0 Å². The molecule has 0 aromatic rings. The van der Waals surface area contributed by atoms with Crippen molar-refractivity contribution in [2.45, 2.75) is 112 Å². The number of hydrogen-bond donors (Lipinski definition) is 1. The molecular formula is C27H51N. The molecule has 0 spiro atoms. The molecule has 3 aliphatic rings. The van der Waals surface area contributed by atoms with Crippen molar-refractivity contribution in [3.05, 3.63) is 0 Å². The smallest absolute Gasteiger partial charge is 0.00719 e. The normalized spacial score (nSPS) is 44.4. The Bertz CT molecular complexity index is 498. The highest BCUT2D eigenvalue weighted by Crippen LogP contribution is 2.66. The lowest BCUT2D eigenvalue weighted by Crippen LogP contribution is -2.52. The average Bonchev–Trinajstić information content (AvgIpc) is 2.98. The van der Waals surface area contributed by atoms with Crippen LogP contribution in [0.4, 0.5) is 0 Å². The van der Waals surface area contributed by atoms with Crippen LogP contribution in [-0.4, -0.2) is 6.54 Å². The topological polar surface area (TPSA) is 26.0 Å². The highest BCUT2D eigenvalue weighted by molar-refractivity contribution is 5.08. The number of hydrogen-bond acceptors (Lipinski definition) is 1. The molecule has 3 aliphatic carbocycles. The second kappa shape index (κ2) is 8.99. The molecule has 1 nitrogen and oxygen atoms in total. The molecule has 0 aromatic heterocycles. The quantitative estimate of drug-likeness (QED) is 0.452. The van der Waals surface area contributed by atoms with Crippen molar-refractivity contribution < 1.29 is 0 Å². The Hall–Kier alpha value is -0.0400. The molecule has 0 amide bonds. The Balaban J connectivity index is 1.68. The van der Waals surface area contributed by atoms with Crippen LogP contribution >= 0.6 is 0 Å². The summed E-state index contributed by atoms with van der Waals surface area (Å²) in [5.41, 5.74) is 7.29. The Morgan fingerprint density at radius 3 is 2.29 bits per heavy atom. The number of fused-ring (bicyclic) bond motifs is 3. The van der Waals surface area contributed by atoms with Gasteiger partial charge in [-0.15, -0.1) is 0 Å². The molecule has 3 saturated carbocycles. The molecular weight excluding hydrogens is 338 g/mol. The summed E-state index contributed by atoms with van der Waals surface area (Å²) in [4.78, 5) is 0. The molecule has 8 atom stereocenters. The molecule has 8 unspecified atom stereocenters. The summed E-state index contributed by atoms with van der Waals surface area (Å²) in [6, 6.07) is 0. The minimum absolute atomic E-state index is 0.512. The summed E-state index contributed by atoms with van der Waals surface area (Å²) in [7, 11) is 0. The van der Waals surface area contributed by atoms with Crippen molar-refractivity contribution in [3.63, 3.8) is 0 Å². The molecule has 0 aromatic carbocycles. The van der Waals surface area contributed by atoms with E-state index in [0.717, 1.165) is 48.0 Å². The van der Waals surface area contributed by atoms with Gasteiger partial charge in [-0.05, 0) is 110 Å². The summed E-state index contributed by atoms with van der Waals surface area (Å²) >= 11 is 0. The third-order valence-electron chi connectivity index (χ3n) is 10.8. The van der Waals surface area contributed by atoms with Crippen LogP contribution in [0.2, 0.25) is 0 Å². The highest BCUT2D eigenvalue weighted by Gasteiger charge is 2.58. The molecule has 1 heteroatoms. The summed E-state index contributed by atoms with van der Waals surface area (Å²) in [6.45, 7) is 15.9. The molecule has 0 aliphatic heterocycles. The van der Waals surface area contributed by atoms with Gasteiger partial charge in [-0.2, -0.15) is 0 Å². The molecule has 3 rings (SSSR count). The van der Waals surface area contributed by atoms with Gasteiger partial charge in [0.15, 0.2) is 0 Å². The predicted molar refractivity (Wildman–Crippen MR) is 123 cm³/mol. The van der Waals surface area contributed by atoms with Crippen LogP contribution in [0.3, 0.4) is 0 Å². The fourth-order valence-electron chi connectivity index (χ4n) is 8.51. The summed E-state index contributed by atoms with van der Waals surface area (Å²) in [6.07, 6.45) is 16.0. The van der Waals surface area contributed by atoms with Gasteiger partial charge >= 0.3 is 0 Å². The lowest BCUT2D eigenvalue weighted by atomic mass is 9.46. The average molecular weight is 390 g/mol. The maximum atomic E-state index is 6.14. The maximum absolute atomic E-state index is 6.14. The fraction of sp³-hybridized carbons (Fsp3) is 1.00. The Kier molecular flexibility index (Phi) is 7.27. The van der Waals surface area contributed by atoms with Crippen LogP contribution in [0, 0.1) is 52.3 Å². The van der Waals surface area contributed by atoms with Crippen molar-refractivity contribution >= 4 is 0 Å². The van der Waals surface area contributed by atoms with E-state index in [-0.39, 0.29) is 0 Å². The van der Waals surface area contributed by atoms with Gasteiger partial charge in [-0.25, -0.2) is 0 Å². The van der Waals surface area contributed by atoms with Crippen LogP contribution < -0.4 is 5.73 Å². The van der Waals surface area contributed by atoms with Crippen molar-refractivity contribution in [2.24, 2.45) is 58.0 Å². The lowest BCUT2D eigenvalue weighted by Gasteiger charge is -2.59. The van der Waals surface area contributed by atoms with E-state index in [2.05, 4.69) is 41.5 Å². The minimum Gasteiger partial charge on any atom is -0.330 e. The van der Waals surface area contributed by atoms with Gasteiger partial charge in [0.2, 0.25) is 0 Å². The van der Waals surface area contributed by atoms with Crippen LogP contribution in [0.25, 0.3) is 0 Å². The molecule has 164 valence electrons. The predicted octanol–water partition coefficient (Wildman–Crippen LogP) is 7.68. The van der Waals surface area contributed by atoms with Crippen molar-refractivity contribution in [2.75, 3.05) is 6.54 Å².